The Morgan fingerprint density at radius 1 is 0.946 bits per heavy atom. The maximum Gasteiger partial charge on any atom is 0.323 e. The molecule has 1 fully saturated rings. The number of carbonyl (C=O) groups is 2. The SMILES string of the molecule is CCOC(=O)C(C(=O)OCC)C(OCC)C(c1ccc(F)cc1)c1ncc(F)c(N2CCN(C)CC2)n1. The number of esters is 2. The van der Waals surface area contributed by atoms with E-state index in [4.69, 9.17) is 14.2 Å². The number of likely N-dealkylation sites (N-methyl/N-ethyl adjacent to an activating group) is 1. The second-order valence-corrected chi connectivity index (χ2v) is 8.62. The maximum absolute atomic E-state index is 14.9. The molecule has 9 nitrogen and oxygen atoms in total. The summed E-state index contributed by atoms with van der Waals surface area (Å²) in [5.41, 5.74) is 0.481. The monoisotopic (exact) mass is 520 g/mol. The van der Waals surface area contributed by atoms with E-state index >= 15 is 0 Å². The lowest BCUT2D eigenvalue weighted by atomic mass is 9.84. The minimum atomic E-state index is -1.48. The van der Waals surface area contributed by atoms with Gasteiger partial charge in [-0.3, -0.25) is 9.59 Å². The van der Waals surface area contributed by atoms with Crippen molar-refractivity contribution < 1.29 is 32.6 Å². The lowest BCUT2D eigenvalue weighted by molar-refractivity contribution is -0.169. The van der Waals surface area contributed by atoms with E-state index < -0.39 is 41.5 Å². The molecule has 0 radical (unpaired) electrons. The molecule has 0 bridgehead atoms. The summed E-state index contributed by atoms with van der Waals surface area (Å²) in [6, 6.07) is 5.50. The molecule has 1 aliphatic rings. The Kier molecular flexibility index (Phi) is 10.3. The van der Waals surface area contributed by atoms with Crippen LogP contribution in [-0.2, 0) is 23.8 Å². The third kappa shape index (κ3) is 6.98. The van der Waals surface area contributed by atoms with E-state index in [-0.39, 0.29) is 31.5 Å². The van der Waals surface area contributed by atoms with Crippen LogP contribution >= 0.6 is 0 Å². The van der Waals surface area contributed by atoms with Gasteiger partial charge in [0.15, 0.2) is 17.6 Å². The first kappa shape index (κ1) is 28.4. The summed E-state index contributed by atoms with van der Waals surface area (Å²) >= 11 is 0. The van der Waals surface area contributed by atoms with Gasteiger partial charge in [0, 0.05) is 32.8 Å². The fourth-order valence-corrected chi connectivity index (χ4v) is 4.32. The zero-order valence-corrected chi connectivity index (χ0v) is 21.7. The minimum Gasteiger partial charge on any atom is -0.465 e. The van der Waals surface area contributed by atoms with Gasteiger partial charge in [0.25, 0.3) is 0 Å². The van der Waals surface area contributed by atoms with Crippen LogP contribution in [0.2, 0.25) is 0 Å². The number of rotatable bonds is 11. The average molecular weight is 521 g/mol. The molecule has 2 aromatic rings. The van der Waals surface area contributed by atoms with Crippen LogP contribution in [-0.4, -0.2) is 86.0 Å². The van der Waals surface area contributed by atoms with Gasteiger partial charge in [-0.15, -0.1) is 0 Å². The highest BCUT2D eigenvalue weighted by Gasteiger charge is 2.45. The van der Waals surface area contributed by atoms with Crippen molar-refractivity contribution in [3.63, 3.8) is 0 Å². The molecule has 1 aromatic carbocycles. The van der Waals surface area contributed by atoms with Gasteiger partial charge in [0.2, 0.25) is 0 Å². The van der Waals surface area contributed by atoms with Gasteiger partial charge < -0.3 is 24.0 Å². The van der Waals surface area contributed by atoms with E-state index in [9.17, 15) is 18.4 Å². The number of carbonyl (C=O) groups excluding carboxylic acids is 2. The normalized spacial score (nSPS) is 15.9. The highest BCUT2D eigenvalue weighted by atomic mass is 19.1. The molecule has 202 valence electrons. The number of anilines is 1. The number of nitrogens with zero attached hydrogens (tertiary/aromatic N) is 4. The van der Waals surface area contributed by atoms with Crippen molar-refractivity contribution in [2.75, 3.05) is 57.9 Å². The molecule has 0 spiro atoms. The van der Waals surface area contributed by atoms with E-state index in [2.05, 4.69) is 14.9 Å². The summed E-state index contributed by atoms with van der Waals surface area (Å²) in [6.07, 6.45) is -0.0986. The quantitative estimate of drug-likeness (QED) is 0.327. The van der Waals surface area contributed by atoms with E-state index in [1.807, 2.05) is 11.9 Å². The van der Waals surface area contributed by atoms with Crippen LogP contribution in [0, 0.1) is 17.6 Å². The first-order chi connectivity index (χ1) is 17.8. The Labute approximate surface area is 215 Å². The summed E-state index contributed by atoms with van der Waals surface area (Å²) < 4.78 is 45.1. The first-order valence-corrected chi connectivity index (χ1v) is 12.5. The zero-order valence-electron chi connectivity index (χ0n) is 21.7. The van der Waals surface area contributed by atoms with Crippen molar-refractivity contribution in [1.29, 1.82) is 0 Å². The fraction of sp³-hybridized carbons (Fsp3) is 0.538. The molecule has 2 atom stereocenters. The topological polar surface area (TPSA) is 94.1 Å². The average Bonchev–Trinajstić information content (AvgIpc) is 2.87. The van der Waals surface area contributed by atoms with E-state index in [1.165, 1.54) is 24.3 Å². The van der Waals surface area contributed by atoms with Crippen LogP contribution < -0.4 is 4.90 Å². The van der Waals surface area contributed by atoms with Crippen LogP contribution in [0.3, 0.4) is 0 Å². The lowest BCUT2D eigenvalue weighted by Gasteiger charge is -2.34. The van der Waals surface area contributed by atoms with Gasteiger partial charge in [-0.2, -0.15) is 0 Å². The molecule has 1 saturated heterocycles. The predicted molar refractivity (Wildman–Crippen MR) is 132 cm³/mol. The number of benzene rings is 1. The van der Waals surface area contributed by atoms with Crippen LogP contribution in [0.1, 0.15) is 38.1 Å². The van der Waals surface area contributed by atoms with Crippen molar-refractivity contribution in [3.8, 4) is 0 Å². The van der Waals surface area contributed by atoms with Gasteiger partial charge in [0.05, 0.1) is 31.4 Å². The molecule has 1 aliphatic heterocycles. The number of piperazine rings is 1. The summed E-state index contributed by atoms with van der Waals surface area (Å²) in [5, 5.41) is 0. The smallest absolute Gasteiger partial charge is 0.323 e. The Bertz CT molecular complexity index is 1030. The maximum atomic E-state index is 14.9. The van der Waals surface area contributed by atoms with Gasteiger partial charge in [0.1, 0.15) is 11.6 Å². The number of halogens is 2. The third-order valence-corrected chi connectivity index (χ3v) is 6.15. The minimum absolute atomic E-state index is 0.0371. The molecule has 0 aliphatic carbocycles. The Balaban J connectivity index is 2.15. The number of hydrogen-bond donors (Lipinski definition) is 0. The fourth-order valence-electron chi connectivity index (χ4n) is 4.32. The molecular weight excluding hydrogens is 486 g/mol. The van der Waals surface area contributed by atoms with Crippen molar-refractivity contribution in [2.24, 2.45) is 5.92 Å². The molecule has 0 N–H and O–H groups in total. The summed E-state index contributed by atoms with van der Waals surface area (Å²) in [7, 11) is 1.99. The van der Waals surface area contributed by atoms with Gasteiger partial charge in [-0.25, -0.2) is 18.7 Å². The van der Waals surface area contributed by atoms with Crippen molar-refractivity contribution in [2.45, 2.75) is 32.8 Å². The van der Waals surface area contributed by atoms with Crippen molar-refractivity contribution in [3.05, 3.63) is 53.5 Å². The van der Waals surface area contributed by atoms with Crippen LogP contribution in [0.4, 0.5) is 14.6 Å². The summed E-state index contributed by atoms with van der Waals surface area (Å²) in [6.45, 7) is 7.75. The molecule has 0 saturated carbocycles. The molecule has 2 heterocycles. The molecule has 37 heavy (non-hydrogen) atoms. The second kappa shape index (κ2) is 13.4. The number of hydrogen-bond acceptors (Lipinski definition) is 9. The lowest BCUT2D eigenvalue weighted by Crippen LogP contribution is -2.45. The number of ether oxygens (including phenoxy) is 3. The molecule has 11 heteroatoms. The van der Waals surface area contributed by atoms with E-state index in [0.717, 1.165) is 19.3 Å². The Hall–Kier alpha value is -3.18. The molecular formula is C26H34F2N4O5. The standard InChI is InChI=1S/C26H34F2N4O5/c1-5-35-22(21(25(33)36-6-2)26(34)37-7-3)20(17-8-10-18(27)11-9-17)23-29-16-19(28)24(30-23)32-14-12-31(4)13-15-32/h8-11,16,20-22H,5-7,12-15H2,1-4H3. The van der Waals surface area contributed by atoms with E-state index in [0.29, 0.717) is 18.7 Å². The van der Waals surface area contributed by atoms with Crippen LogP contribution in [0.5, 0.6) is 0 Å². The second-order valence-electron chi connectivity index (χ2n) is 8.62. The van der Waals surface area contributed by atoms with Gasteiger partial charge in [-0.05, 0) is 45.5 Å². The Morgan fingerprint density at radius 3 is 2.08 bits per heavy atom. The Morgan fingerprint density at radius 2 is 1.54 bits per heavy atom. The highest BCUT2D eigenvalue weighted by Crippen LogP contribution is 2.34. The largest absolute Gasteiger partial charge is 0.465 e. The molecule has 1 aromatic heterocycles. The predicted octanol–water partition coefficient (Wildman–Crippen LogP) is 2.79. The van der Waals surface area contributed by atoms with Crippen LogP contribution in [0.25, 0.3) is 0 Å². The van der Waals surface area contributed by atoms with Crippen molar-refractivity contribution in [1.82, 2.24) is 14.9 Å². The van der Waals surface area contributed by atoms with Crippen LogP contribution in [0.15, 0.2) is 30.5 Å². The molecule has 2 unspecified atom stereocenters. The molecule has 0 amide bonds. The van der Waals surface area contributed by atoms with Crippen molar-refractivity contribution >= 4 is 17.8 Å². The summed E-state index contributed by atoms with van der Waals surface area (Å²) in [5.74, 6) is -4.89. The van der Waals surface area contributed by atoms with Gasteiger partial charge >= 0.3 is 11.9 Å². The third-order valence-electron chi connectivity index (χ3n) is 6.15. The highest BCUT2D eigenvalue weighted by molar-refractivity contribution is 5.96. The summed E-state index contributed by atoms with van der Waals surface area (Å²) in [4.78, 5) is 38.8. The zero-order chi connectivity index (χ0) is 26.9. The first-order valence-electron chi connectivity index (χ1n) is 12.5. The molecule has 3 rings (SSSR count). The van der Waals surface area contributed by atoms with Gasteiger partial charge in [-0.1, -0.05) is 12.1 Å². The number of aromatic nitrogens is 2. The van der Waals surface area contributed by atoms with E-state index in [1.54, 1.807) is 20.8 Å².